The number of alkyl halides is 2. The van der Waals surface area contributed by atoms with E-state index < -0.39 is 6.55 Å². The molecule has 0 unspecified atom stereocenters. The van der Waals surface area contributed by atoms with Gasteiger partial charge < -0.3 is 10.2 Å². The van der Waals surface area contributed by atoms with E-state index in [1.54, 1.807) is 4.90 Å². The summed E-state index contributed by atoms with van der Waals surface area (Å²) in [6.07, 6.45) is 1.49. The first-order valence-corrected chi connectivity index (χ1v) is 3.94. The number of nitrogens with one attached hydrogen (secondary N) is 1. The SMILES string of the molecule is CN1CN=CC2=C1NCN2C(F)F. The summed E-state index contributed by atoms with van der Waals surface area (Å²) in [6.45, 7) is -1.81. The van der Waals surface area contributed by atoms with Gasteiger partial charge in [0.2, 0.25) is 0 Å². The smallest absolute Gasteiger partial charge is 0.316 e. The number of halogens is 2. The van der Waals surface area contributed by atoms with Crippen molar-refractivity contribution in [2.75, 3.05) is 20.4 Å². The van der Waals surface area contributed by atoms with E-state index >= 15 is 0 Å². The fraction of sp³-hybridized carbons (Fsp3) is 0.571. The number of hydrogen-bond acceptors (Lipinski definition) is 4. The first kappa shape index (κ1) is 8.28. The fourth-order valence-corrected chi connectivity index (χ4v) is 1.43. The molecule has 1 N–H and O–H groups in total. The zero-order valence-electron chi connectivity index (χ0n) is 7.17. The topological polar surface area (TPSA) is 30.9 Å². The van der Waals surface area contributed by atoms with Gasteiger partial charge >= 0.3 is 6.55 Å². The summed E-state index contributed by atoms with van der Waals surface area (Å²) >= 11 is 0. The summed E-state index contributed by atoms with van der Waals surface area (Å²) in [4.78, 5) is 6.75. The molecule has 0 saturated heterocycles. The van der Waals surface area contributed by atoms with Crippen LogP contribution in [0.4, 0.5) is 8.78 Å². The lowest BCUT2D eigenvalue weighted by Gasteiger charge is -2.23. The number of rotatable bonds is 1. The van der Waals surface area contributed by atoms with E-state index in [9.17, 15) is 8.78 Å². The van der Waals surface area contributed by atoms with Gasteiger partial charge in [-0.3, -0.25) is 9.89 Å². The average Bonchev–Trinajstić information content (AvgIpc) is 2.48. The lowest BCUT2D eigenvalue weighted by atomic mass is 10.4. The third-order valence-corrected chi connectivity index (χ3v) is 2.09. The summed E-state index contributed by atoms with van der Waals surface area (Å²) in [5.74, 6) is 0.732. The normalized spacial score (nSPS) is 21.2. The lowest BCUT2D eigenvalue weighted by Crippen LogP contribution is -2.29. The van der Waals surface area contributed by atoms with E-state index in [2.05, 4.69) is 10.3 Å². The molecule has 0 atom stereocenters. The second kappa shape index (κ2) is 2.86. The van der Waals surface area contributed by atoms with Gasteiger partial charge in [0.25, 0.3) is 0 Å². The molecule has 4 nitrogen and oxygen atoms in total. The van der Waals surface area contributed by atoms with Crippen molar-refractivity contribution in [3.8, 4) is 0 Å². The van der Waals surface area contributed by atoms with Gasteiger partial charge in [0.05, 0.1) is 12.9 Å². The van der Waals surface area contributed by atoms with Crippen LogP contribution in [0, 0.1) is 0 Å². The Kier molecular flexibility index (Phi) is 1.82. The van der Waals surface area contributed by atoms with Crippen LogP contribution in [0.2, 0.25) is 0 Å². The summed E-state index contributed by atoms with van der Waals surface area (Å²) < 4.78 is 24.8. The molecule has 0 amide bonds. The Hall–Kier alpha value is -1.33. The third-order valence-electron chi connectivity index (χ3n) is 2.09. The fourth-order valence-electron chi connectivity index (χ4n) is 1.43. The van der Waals surface area contributed by atoms with Crippen molar-refractivity contribution in [2.45, 2.75) is 6.55 Å². The predicted molar refractivity (Wildman–Crippen MR) is 44.0 cm³/mol. The van der Waals surface area contributed by atoms with Crippen molar-refractivity contribution >= 4 is 6.21 Å². The van der Waals surface area contributed by atoms with Crippen LogP contribution in [0.25, 0.3) is 0 Å². The van der Waals surface area contributed by atoms with Crippen LogP contribution in [-0.2, 0) is 0 Å². The lowest BCUT2D eigenvalue weighted by molar-refractivity contribution is 0.00573. The molecule has 72 valence electrons. The summed E-state index contributed by atoms with van der Waals surface area (Å²) in [7, 11) is 1.81. The van der Waals surface area contributed by atoms with Gasteiger partial charge in [-0.05, 0) is 0 Å². The monoisotopic (exact) mass is 188 g/mol. The number of nitrogens with zero attached hydrogens (tertiary/aromatic N) is 3. The molecule has 0 fully saturated rings. The van der Waals surface area contributed by atoms with Crippen LogP contribution in [0.15, 0.2) is 16.5 Å². The molecule has 0 radical (unpaired) electrons. The van der Waals surface area contributed by atoms with Crippen molar-refractivity contribution in [2.24, 2.45) is 4.99 Å². The highest BCUT2D eigenvalue weighted by atomic mass is 19.3. The Labute approximate surface area is 74.5 Å². The number of hydrogen-bond donors (Lipinski definition) is 1. The molecule has 6 heteroatoms. The molecule has 2 aliphatic heterocycles. The van der Waals surface area contributed by atoms with Gasteiger partial charge in [-0.15, -0.1) is 0 Å². The van der Waals surface area contributed by atoms with Gasteiger partial charge in [-0.2, -0.15) is 8.78 Å². The van der Waals surface area contributed by atoms with Crippen molar-refractivity contribution in [1.29, 1.82) is 0 Å². The van der Waals surface area contributed by atoms with Crippen LogP contribution in [-0.4, -0.2) is 42.9 Å². The largest absolute Gasteiger partial charge is 0.352 e. The summed E-state index contributed by atoms with van der Waals surface area (Å²) in [5, 5.41) is 2.90. The van der Waals surface area contributed by atoms with Crippen molar-refractivity contribution in [3.63, 3.8) is 0 Å². The van der Waals surface area contributed by atoms with Gasteiger partial charge in [-0.1, -0.05) is 0 Å². The maximum Gasteiger partial charge on any atom is 0.316 e. The summed E-state index contributed by atoms with van der Waals surface area (Å²) in [5.41, 5.74) is 0.476. The van der Waals surface area contributed by atoms with Gasteiger partial charge in [0.15, 0.2) is 0 Å². The Morgan fingerprint density at radius 1 is 1.62 bits per heavy atom. The molecule has 0 aromatic rings. The van der Waals surface area contributed by atoms with Crippen LogP contribution < -0.4 is 5.32 Å². The maximum atomic E-state index is 12.4. The highest BCUT2D eigenvalue weighted by molar-refractivity contribution is 5.80. The van der Waals surface area contributed by atoms with Crippen molar-refractivity contribution < 1.29 is 8.78 Å². The van der Waals surface area contributed by atoms with Gasteiger partial charge in [0.1, 0.15) is 18.2 Å². The molecule has 0 aliphatic carbocycles. The predicted octanol–water partition coefficient (Wildman–Crippen LogP) is 0.214. The van der Waals surface area contributed by atoms with E-state index in [1.807, 2.05) is 7.05 Å². The van der Waals surface area contributed by atoms with Crippen molar-refractivity contribution in [3.05, 3.63) is 11.5 Å². The first-order valence-electron chi connectivity index (χ1n) is 3.94. The van der Waals surface area contributed by atoms with Crippen LogP contribution >= 0.6 is 0 Å². The van der Waals surface area contributed by atoms with E-state index in [1.165, 1.54) is 6.21 Å². The van der Waals surface area contributed by atoms with E-state index in [0.29, 0.717) is 12.4 Å². The van der Waals surface area contributed by atoms with Gasteiger partial charge in [0, 0.05) is 7.05 Å². The zero-order chi connectivity index (χ0) is 9.42. The van der Waals surface area contributed by atoms with Crippen LogP contribution in [0.5, 0.6) is 0 Å². The minimum absolute atomic E-state index is 0.151. The van der Waals surface area contributed by atoms with E-state index in [-0.39, 0.29) is 6.67 Å². The molecular formula is C7H10F2N4. The number of aliphatic imine (C=N–C) groups is 1. The standard InChI is InChI=1S/C7H10F2N4/c1-12-3-10-2-5-6(12)11-4-13(5)7(8)9/h2,7,11H,3-4H2,1H3. The quantitative estimate of drug-likeness (QED) is 0.597. The van der Waals surface area contributed by atoms with Gasteiger partial charge in [-0.25, -0.2) is 0 Å². The third kappa shape index (κ3) is 1.22. The Bertz CT molecular complexity index is 274. The van der Waals surface area contributed by atoms with E-state index in [0.717, 1.165) is 10.7 Å². The minimum Gasteiger partial charge on any atom is -0.352 e. The molecule has 0 aromatic heterocycles. The highest BCUT2D eigenvalue weighted by Gasteiger charge is 2.30. The molecule has 0 saturated carbocycles. The Morgan fingerprint density at radius 2 is 2.38 bits per heavy atom. The first-order chi connectivity index (χ1) is 6.20. The second-order valence-corrected chi connectivity index (χ2v) is 2.97. The Morgan fingerprint density at radius 3 is 3.08 bits per heavy atom. The maximum absolute atomic E-state index is 12.4. The molecule has 0 aromatic carbocycles. The molecule has 2 heterocycles. The molecular weight excluding hydrogens is 178 g/mol. The highest BCUT2D eigenvalue weighted by Crippen LogP contribution is 2.21. The summed E-state index contributed by atoms with van der Waals surface area (Å²) in [6, 6.07) is 0. The molecule has 2 rings (SSSR count). The average molecular weight is 188 g/mol. The van der Waals surface area contributed by atoms with Crippen molar-refractivity contribution in [1.82, 2.24) is 15.1 Å². The minimum atomic E-state index is -2.47. The molecule has 0 bridgehead atoms. The molecule has 0 spiro atoms. The second-order valence-electron chi connectivity index (χ2n) is 2.97. The van der Waals surface area contributed by atoms with E-state index in [4.69, 9.17) is 0 Å². The Balaban J connectivity index is 2.27. The zero-order valence-corrected chi connectivity index (χ0v) is 7.17. The number of allylic oxidation sites excluding steroid dienone is 1. The molecule has 2 aliphatic rings. The molecule has 13 heavy (non-hydrogen) atoms. The van der Waals surface area contributed by atoms with Crippen LogP contribution in [0.3, 0.4) is 0 Å². The van der Waals surface area contributed by atoms with Crippen LogP contribution in [0.1, 0.15) is 0 Å².